The number of hydrogen-bond donors (Lipinski definition) is 3. The summed E-state index contributed by atoms with van der Waals surface area (Å²) in [6.07, 6.45) is -7.23. The third-order valence-corrected chi connectivity index (χ3v) is 7.24. The minimum Gasteiger partial charge on any atom is -0.480 e. The summed E-state index contributed by atoms with van der Waals surface area (Å²) in [7, 11) is -4.15. The van der Waals surface area contributed by atoms with Crippen LogP contribution in [0.3, 0.4) is 0 Å². The van der Waals surface area contributed by atoms with Crippen LogP contribution in [-0.4, -0.2) is 29.5 Å². The average Bonchev–Trinajstić information content (AvgIpc) is 3.27. The molecule has 4 rings (SSSR count). The lowest BCUT2D eigenvalue weighted by Gasteiger charge is -2.21. The van der Waals surface area contributed by atoms with Gasteiger partial charge in [-0.1, -0.05) is 0 Å². The molecule has 0 amide bonds. The lowest BCUT2D eigenvalue weighted by atomic mass is 9.98. The Morgan fingerprint density at radius 2 is 1.55 bits per heavy atom. The van der Waals surface area contributed by atoms with Gasteiger partial charge in [0.15, 0.2) is 5.75 Å². The molecule has 0 spiro atoms. The van der Waals surface area contributed by atoms with Crippen molar-refractivity contribution in [2.75, 3.05) is 0 Å². The van der Waals surface area contributed by atoms with Crippen LogP contribution < -0.4 is 10.5 Å². The van der Waals surface area contributed by atoms with Crippen molar-refractivity contribution in [2.24, 2.45) is 5.73 Å². The maximum Gasteiger partial charge on any atom is 0.420 e. The smallest absolute Gasteiger partial charge is 0.420 e. The molecule has 0 aliphatic heterocycles. The molecule has 0 saturated carbocycles. The molecule has 0 saturated heterocycles. The lowest BCUT2D eigenvalue weighted by molar-refractivity contribution is -0.146. The molecule has 4 aromatic rings. The molecule has 0 radical (unpaired) electrons. The van der Waals surface area contributed by atoms with Crippen molar-refractivity contribution in [1.29, 1.82) is 0 Å². The van der Waals surface area contributed by atoms with Gasteiger partial charge in [-0.05, 0) is 48.0 Å². The second-order valence-electron chi connectivity index (χ2n) is 7.91. The first kappa shape index (κ1) is 26.9. The summed E-state index contributed by atoms with van der Waals surface area (Å²) in [4.78, 5) is 17.1. The van der Waals surface area contributed by atoms with E-state index in [1.54, 1.807) is 0 Å². The number of ether oxygens (including phenoxy) is 1. The van der Waals surface area contributed by atoms with Gasteiger partial charge in [0.05, 0.1) is 20.9 Å². The maximum atomic E-state index is 13.9. The number of pyridine rings is 1. The number of rotatable bonds is 6. The highest BCUT2D eigenvalue weighted by atomic mass is 32.2. The SMILES string of the molecule is N[C@@H](C(=O)O)c1cc(C(F)(F)F)c(Oc2ccc3[nH]cc(S(=O)(=O)c4ccncc4)c3c2)c(C(F)(F)F)c1. The first-order chi connectivity index (χ1) is 17.6. The molecule has 8 nitrogen and oxygen atoms in total. The second kappa shape index (κ2) is 9.33. The van der Waals surface area contributed by atoms with Gasteiger partial charge in [-0.15, -0.1) is 0 Å². The van der Waals surface area contributed by atoms with E-state index in [4.69, 9.17) is 15.6 Å². The van der Waals surface area contributed by atoms with Gasteiger partial charge in [-0.2, -0.15) is 26.3 Å². The molecular weight excluding hydrogens is 544 g/mol. The summed E-state index contributed by atoms with van der Waals surface area (Å²) in [6, 6.07) is 3.80. The molecule has 2 aromatic carbocycles. The number of aliphatic carboxylic acids is 1. The number of halogens is 6. The van der Waals surface area contributed by atoms with Crippen LogP contribution in [0.4, 0.5) is 26.3 Å². The number of carboxylic acids is 1. The van der Waals surface area contributed by atoms with Crippen LogP contribution >= 0.6 is 0 Å². The summed E-state index contributed by atoms with van der Waals surface area (Å²) >= 11 is 0. The Labute approximate surface area is 209 Å². The number of carboxylic acid groups (broad SMARTS) is 1. The molecule has 0 bridgehead atoms. The zero-order chi connectivity index (χ0) is 28.0. The van der Waals surface area contributed by atoms with Crippen molar-refractivity contribution in [3.63, 3.8) is 0 Å². The van der Waals surface area contributed by atoms with Crippen LogP contribution in [0.15, 0.2) is 70.8 Å². The summed E-state index contributed by atoms with van der Waals surface area (Å²) in [5, 5.41) is 8.94. The molecule has 200 valence electrons. The number of nitrogens with one attached hydrogen (secondary N) is 1. The Morgan fingerprint density at radius 3 is 2.08 bits per heavy atom. The summed E-state index contributed by atoms with van der Waals surface area (Å²) in [6.45, 7) is 0. The van der Waals surface area contributed by atoms with E-state index in [1.807, 2.05) is 0 Å². The molecule has 15 heteroatoms. The first-order valence-corrected chi connectivity index (χ1v) is 11.8. The molecule has 0 aliphatic carbocycles. The number of nitrogens with zero attached hydrogens (tertiary/aromatic N) is 1. The average molecular weight is 559 g/mol. The van der Waals surface area contributed by atoms with Crippen LogP contribution in [0.1, 0.15) is 22.7 Å². The van der Waals surface area contributed by atoms with Crippen molar-refractivity contribution in [3.05, 3.63) is 77.7 Å². The van der Waals surface area contributed by atoms with Gasteiger partial charge in [0.1, 0.15) is 11.8 Å². The topological polar surface area (TPSA) is 135 Å². The molecular formula is C23H15F6N3O5S. The van der Waals surface area contributed by atoms with E-state index in [2.05, 4.69) is 9.97 Å². The van der Waals surface area contributed by atoms with Gasteiger partial charge in [-0.25, -0.2) is 8.42 Å². The summed E-state index contributed by atoms with van der Waals surface area (Å²) < 4.78 is 114. The third kappa shape index (κ3) is 5.02. The number of hydrogen-bond acceptors (Lipinski definition) is 6. The van der Waals surface area contributed by atoms with E-state index in [9.17, 15) is 39.6 Å². The van der Waals surface area contributed by atoms with Gasteiger partial charge in [0, 0.05) is 29.5 Å². The fourth-order valence-corrected chi connectivity index (χ4v) is 5.03. The van der Waals surface area contributed by atoms with Crippen molar-refractivity contribution in [2.45, 2.75) is 28.2 Å². The van der Waals surface area contributed by atoms with Crippen molar-refractivity contribution < 1.29 is 49.4 Å². The Hall–Kier alpha value is -4.11. The predicted molar refractivity (Wildman–Crippen MR) is 119 cm³/mol. The maximum absolute atomic E-state index is 13.9. The number of alkyl halides is 6. The number of aromatic amines is 1. The summed E-state index contributed by atoms with van der Waals surface area (Å²) in [5.74, 6) is -4.05. The molecule has 0 fully saturated rings. The van der Waals surface area contributed by atoms with Gasteiger partial charge >= 0.3 is 18.3 Å². The molecule has 0 unspecified atom stereocenters. The first-order valence-electron chi connectivity index (χ1n) is 10.4. The lowest BCUT2D eigenvalue weighted by Crippen LogP contribution is -2.23. The largest absolute Gasteiger partial charge is 0.480 e. The van der Waals surface area contributed by atoms with Crippen molar-refractivity contribution >= 4 is 26.7 Å². The highest BCUT2D eigenvalue weighted by molar-refractivity contribution is 7.91. The number of fused-ring (bicyclic) bond motifs is 1. The Kier molecular flexibility index (Phi) is 6.61. The van der Waals surface area contributed by atoms with E-state index in [-0.39, 0.29) is 32.8 Å². The van der Waals surface area contributed by atoms with Gasteiger partial charge < -0.3 is 20.6 Å². The highest BCUT2D eigenvalue weighted by Crippen LogP contribution is 2.47. The second-order valence-corrected chi connectivity index (χ2v) is 9.82. The number of H-pyrrole nitrogens is 1. The number of nitrogens with two attached hydrogens (primary N) is 1. The van der Waals surface area contributed by atoms with Crippen LogP contribution in [0.25, 0.3) is 10.9 Å². The standard InChI is InChI=1S/C23H15F6N3O5S/c24-22(25,26)15-7-11(19(30)21(33)34)8-16(23(27,28)29)20(15)37-12-1-2-17-14(9-12)18(10-32-17)38(35,36)13-3-5-31-6-4-13/h1-10,19,32H,30H2,(H,33,34)/t19-/m1/s1. The summed E-state index contributed by atoms with van der Waals surface area (Å²) in [5.41, 5.74) is 0.704. The molecule has 0 aliphatic rings. The number of benzene rings is 2. The van der Waals surface area contributed by atoms with E-state index in [0.29, 0.717) is 0 Å². The quantitative estimate of drug-likeness (QED) is 0.273. The number of sulfone groups is 1. The van der Waals surface area contributed by atoms with E-state index < -0.39 is 62.4 Å². The number of aromatic nitrogens is 2. The van der Waals surface area contributed by atoms with Crippen LogP contribution in [0.2, 0.25) is 0 Å². The van der Waals surface area contributed by atoms with Crippen molar-refractivity contribution in [3.8, 4) is 11.5 Å². The normalized spacial score (nSPS) is 13.4. The monoisotopic (exact) mass is 559 g/mol. The third-order valence-electron chi connectivity index (χ3n) is 5.43. The Balaban J connectivity index is 1.89. The number of carbonyl (C=O) groups is 1. The van der Waals surface area contributed by atoms with Crippen LogP contribution in [0, 0.1) is 0 Å². The highest BCUT2D eigenvalue weighted by Gasteiger charge is 2.43. The minimum atomic E-state index is -5.41. The van der Waals surface area contributed by atoms with Crippen LogP contribution in [-0.2, 0) is 27.0 Å². The van der Waals surface area contributed by atoms with Gasteiger partial charge in [0.25, 0.3) is 0 Å². The molecule has 1 atom stereocenters. The fraction of sp³-hybridized carbons (Fsp3) is 0.130. The zero-order valence-electron chi connectivity index (χ0n) is 18.6. The van der Waals surface area contributed by atoms with E-state index in [0.717, 1.165) is 18.3 Å². The Bertz CT molecular complexity index is 1600. The van der Waals surface area contributed by atoms with Crippen LogP contribution in [0.5, 0.6) is 11.5 Å². The zero-order valence-corrected chi connectivity index (χ0v) is 19.4. The van der Waals surface area contributed by atoms with Crippen molar-refractivity contribution in [1.82, 2.24) is 9.97 Å². The molecule has 4 N–H and O–H groups in total. The molecule has 2 aromatic heterocycles. The van der Waals surface area contributed by atoms with Gasteiger partial charge in [0.2, 0.25) is 9.84 Å². The molecule has 38 heavy (non-hydrogen) atoms. The fourth-order valence-electron chi connectivity index (χ4n) is 3.63. The minimum absolute atomic E-state index is 0.0639. The molecule has 2 heterocycles. The van der Waals surface area contributed by atoms with E-state index >= 15 is 0 Å². The Morgan fingerprint density at radius 1 is 0.974 bits per heavy atom. The van der Waals surface area contributed by atoms with E-state index in [1.165, 1.54) is 30.6 Å². The van der Waals surface area contributed by atoms with Gasteiger partial charge in [-0.3, -0.25) is 9.78 Å². The predicted octanol–water partition coefficient (Wildman–Crippen LogP) is 5.31.